The van der Waals surface area contributed by atoms with Gasteiger partial charge in [-0.05, 0) is 40.5 Å². The molecule has 1 fully saturated rings. The van der Waals surface area contributed by atoms with E-state index in [4.69, 9.17) is 0 Å². The summed E-state index contributed by atoms with van der Waals surface area (Å²) < 4.78 is 13.6. The van der Waals surface area contributed by atoms with Gasteiger partial charge in [0.15, 0.2) is 0 Å². The van der Waals surface area contributed by atoms with E-state index in [9.17, 15) is 4.39 Å². The molecule has 1 N–H and O–H groups in total. The Kier molecular flexibility index (Phi) is 3.95. The van der Waals surface area contributed by atoms with Crippen molar-refractivity contribution in [2.24, 2.45) is 0 Å². The van der Waals surface area contributed by atoms with E-state index < -0.39 is 0 Å². The van der Waals surface area contributed by atoms with Gasteiger partial charge >= 0.3 is 0 Å². The predicted octanol–water partition coefficient (Wildman–Crippen LogP) is 2.38. The van der Waals surface area contributed by atoms with E-state index in [1.807, 2.05) is 12.1 Å². The van der Waals surface area contributed by atoms with Gasteiger partial charge in [0.2, 0.25) is 0 Å². The zero-order valence-corrected chi connectivity index (χ0v) is 10.9. The molecule has 0 amide bonds. The Bertz CT molecular complexity index is 370. The molecule has 1 aliphatic rings. The van der Waals surface area contributed by atoms with Crippen LogP contribution < -0.4 is 5.32 Å². The van der Waals surface area contributed by atoms with E-state index in [1.54, 1.807) is 0 Å². The van der Waals surface area contributed by atoms with Crippen LogP contribution in [0.4, 0.5) is 4.39 Å². The first-order valence-electron chi connectivity index (χ1n) is 5.55. The second-order valence-electron chi connectivity index (χ2n) is 4.34. The molecule has 0 aromatic heterocycles. The number of piperazine rings is 1. The van der Waals surface area contributed by atoms with E-state index in [-0.39, 0.29) is 5.82 Å². The number of nitrogens with zero attached hydrogens (tertiary/aromatic N) is 1. The van der Waals surface area contributed by atoms with Crippen molar-refractivity contribution in [1.82, 2.24) is 10.2 Å². The molecular formula is C12H16BrFN2. The van der Waals surface area contributed by atoms with Gasteiger partial charge < -0.3 is 5.32 Å². The van der Waals surface area contributed by atoms with Crippen molar-refractivity contribution in [2.45, 2.75) is 19.5 Å². The lowest BCUT2D eigenvalue weighted by Gasteiger charge is -2.31. The van der Waals surface area contributed by atoms with Crippen LogP contribution in [0.25, 0.3) is 0 Å². The SMILES string of the molecule is C[C@H]1CN(Cc2ccc(F)c(Br)c2)CCN1. The van der Waals surface area contributed by atoms with Crippen molar-refractivity contribution in [3.05, 3.63) is 34.1 Å². The molecule has 0 spiro atoms. The van der Waals surface area contributed by atoms with Gasteiger partial charge in [-0.15, -0.1) is 0 Å². The highest BCUT2D eigenvalue weighted by Gasteiger charge is 2.15. The maximum Gasteiger partial charge on any atom is 0.137 e. The van der Waals surface area contributed by atoms with Crippen LogP contribution in [0.1, 0.15) is 12.5 Å². The number of halogens is 2. The highest BCUT2D eigenvalue weighted by molar-refractivity contribution is 9.10. The molecule has 2 rings (SSSR count). The largest absolute Gasteiger partial charge is 0.312 e. The maximum atomic E-state index is 13.1. The minimum atomic E-state index is -0.197. The monoisotopic (exact) mass is 286 g/mol. The second kappa shape index (κ2) is 5.25. The summed E-state index contributed by atoms with van der Waals surface area (Å²) in [5, 5.41) is 3.41. The number of rotatable bonds is 2. The molecule has 1 aromatic carbocycles. The molecular weight excluding hydrogens is 271 g/mol. The van der Waals surface area contributed by atoms with Gasteiger partial charge in [0.1, 0.15) is 5.82 Å². The first-order chi connectivity index (χ1) is 7.65. The summed E-state index contributed by atoms with van der Waals surface area (Å²) in [7, 11) is 0. The first kappa shape index (κ1) is 12.0. The van der Waals surface area contributed by atoms with Gasteiger partial charge in [0.25, 0.3) is 0 Å². The Labute approximate surface area is 104 Å². The molecule has 0 aliphatic carbocycles. The van der Waals surface area contributed by atoms with Crippen molar-refractivity contribution in [2.75, 3.05) is 19.6 Å². The molecule has 0 bridgehead atoms. The molecule has 4 heteroatoms. The minimum Gasteiger partial charge on any atom is -0.312 e. The Morgan fingerprint density at radius 2 is 2.38 bits per heavy atom. The molecule has 1 atom stereocenters. The average molecular weight is 287 g/mol. The normalized spacial score (nSPS) is 22.3. The topological polar surface area (TPSA) is 15.3 Å². The fourth-order valence-corrected chi connectivity index (χ4v) is 2.48. The van der Waals surface area contributed by atoms with Crippen molar-refractivity contribution >= 4 is 15.9 Å². The number of nitrogens with one attached hydrogen (secondary N) is 1. The fourth-order valence-electron chi connectivity index (χ4n) is 2.05. The third-order valence-corrected chi connectivity index (χ3v) is 3.45. The van der Waals surface area contributed by atoms with Crippen molar-refractivity contribution in [3.8, 4) is 0 Å². The summed E-state index contributed by atoms with van der Waals surface area (Å²) in [6.45, 7) is 6.22. The molecule has 0 saturated carbocycles. The van der Waals surface area contributed by atoms with E-state index in [0.717, 1.165) is 31.7 Å². The lowest BCUT2D eigenvalue weighted by Crippen LogP contribution is -2.48. The molecule has 0 unspecified atom stereocenters. The Morgan fingerprint density at radius 3 is 3.06 bits per heavy atom. The Balaban J connectivity index is 2.00. The lowest BCUT2D eigenvalue weighted by molar-refractivity contribution is 0.199. The van der Waals surface area contributed by atoms with Crippen LogP contribution in [0.5, 0.6) is 0 Å². The molecule has 1 saturated heterocycles. The summed E-state index contributed by atoms with van der Waals surface area (Å²) in [5.74, 6) is -0.197. The van der Waals surface area contributed by atoms with E-state index in [1.165, 1.54) is 6.07 Å². The van der Waals surface area contributed by atoms with Crippen molar-refractivity contribution < 1.29 is 4.39 Å². The van der Waals surface area contributed by atoms with Crippen LogP contribution >= 0.6 is 15.9 Å². The number of hydrogen-bond donors (Lipinski definition) is 1. The van der Waals surface area contributed by atoms with Crippen LogP contribution in [0.2, 0.25) is 0 Å². The van der Waals surface area contributed by atoms with Crippen molar-refractivity contribution in [1.29, 1.82) is 0 Å². The van der Waals surface area contributed by atoms with Crippen LogP contribution in [-0.4, -0.2) is 30.6 Å². The highest BCUT2D eigenvalue weighted by atomic mass is 79.9. The maximum absolute atomic E-state index is 13.1. The van der Waals surface area contributed by atoms with Gasteiger partial charge in [0, 0.05) is 32.2 Å². The molecule has 1 heterocycles. The molecule has 2 nitrogen and oxygen atoms in total. The van der Waals surface area contributed by atoms with Crippen molar-refractivity contribution in [3.63, 3.8) is 0 Å². The second-order valence-corrected chi connectivity index (χ2v) is 5.19. The quantitative estimate of drug-likeness (QED) is 0.898. The smallest absolute Gasteiger partial charge is 0.137 e. The molecule has 1 aliphatic heterocycles. The molecule has 1 aromatic rings. The minimum absolute atomic E-state index is 0.197. The highest BCUT2D eigenvalue weighted by Crippen LogP contribution is 2.18. The van der Waals surface area contributed by atoms with Gasteiger partial charge in [0.05, 0.1) is 4.47 Å². The zero-order chi connectivity index (χ0) is 11.5. The zero-order valence-electron chi connectivity index (χ0n) is 9.34. The van der Waals surface area contributed by atoms with Gasteiger partial charge in [-0.25, -0.2) is 4.39 Å². The third kappa shape index (κ3) is 3.03. The lowest BCUT2D eigenvalue weighted by atomic mass is 10.1. The summed E-state index contributed by atoms with van der Waals surface area (Å²) in [6.07, 6.45) is 0. The standard InChI is InChI=1S/C12H16BrFN2/c1-9-7-16(5-4-15-9)8-10-2-3-12(14)11(13)6-10/h2-3,6,9,15H,4-5,7-8H2,1H3/t9-/m0/s1. The summed E-state index contributed by atoms with van der Waals surface area (Å²) in [6, 6.07) is 5.78. The van der Waals surface area contributed by atoms with E-state index in [0.29, 0.717) is 10.5 Å². The summed E-state index contributed by atoms with van der Waals surface area (Å²) in [5.41, 5.74) is 1.15. The van der Waals surface area contributed by atoms with E-state index in [2.05, 4.69) is 33.1 Å². The van der Waals surface area contributed by atoms with Gasteiger partial charge in [-0.1, -0.05) is 6.07 Å². The average Bonchev–Trinajstić information content (AvgIpc) is 2.24. The van der Waals surface area contributed by atoms with E-state index >= 15 is 0 Å². The van der Waals surface area contributed by atoms with Crippen LogP contribution in [-0.2, 0) is 6.54 Å². The number of hydrogen-bond acceptors (Lipinski definition) is 2. The summed E-state index contributed by atoms with van der Waals surface area (Å²) in [4.78, 5) is 2.39. The summed E-state index contributed by atoms with van der Waals surface area (Å²) >= 11 is 3.22. The number of benzene rings is 1. The van der Waals surface area contributed by atoms with Gasteiger partial charge in [-0.3, -0.25) is 4.90 Å². The fraction of sp³-hybridized carbons (Fsp3) is 0.500. The third-order valence-electron chi connectivity index (χ3n) is 2.84. The van der Waals surface area contributed by atoms with Crippen LogP contribution in [0.3, 0.4) is 0 Å². The molecule has 0 radical (unpaired) electrons. The molecule has 16 heavy (non-hydrogen) atoms. The Hall–Kier alpha value is -0.450. The van der Waals surface area contributed by atoms with Crippen LogP contribution in [0.15, 0.2) is 22.7 Å². The first-order valence-corrected chi connectivity index (χ1v) is 6.34. The molecule has 88 valence electrons. The Morgan fingerprint density at radius 1 is 1.56 bits per heavy atom. The van der Waals surface area contributed by atoms with Gasteiger partial charge in [-0.2, -0.15) is 0 Å². The van der Waals surface area contributed by atoms with Crippen LogP contribution in [0, 0.1) is 5.82 Å². The predicted molar refractivity (Wildman–Crippen MR) is 66.8 cm³/mol.